The summed E-state index contributed by atoms with van der Waals surface area (Å²) in [6.07, 6.45) is 3.21. The first kappa shape index (κ1) is 23.4. The van der Waals surface area contributed by atoms with E-state index in [1.54, 1.807) is 30.3 Å². The van der Waals surface area contributed by atoms with Gasteiger partial charge in [0.1, 0.15) is 17.2 Å². The summed E-state index contributed by atoms with van der Waals surface area (Å²) < 4.78 is 51.3. The Morgan fingerprint density at radius 2 is 1.85 bits per heavy atom. The van der Waals surface area contributed by atoms with E-state index >= 15 is 0 Å². The van der Waals surface area contributed by atoms with Crippen molar-refractivity contribution < 1.29 is 32.5 Å². The molecular weight excluding hydrogens is 451 g/mol. The van der Waals surface area contributed by atoms with Crippen LogP contribution in [0.2, 0.25) is 0 Å². The van der Waals surface area contributed by atoms with Crippen LogP contribution in [0.4, 0.5) is 18.9 Å². The predicted molar refractivity (Wildman–Crippen MR) is 120 cm³/mol. The third-order valence-corrected chi connectivity index (χ3v) is 5.09. The minimum atomic E-state index is -4.50. The van der Waals surface area contributed by atoms with E-state index in [1.165, 1.54) is 11.2 Å². The van der Waals surface area contributed by atoms with Gasteiger partial charge in [-0.05, 0) is 42.0 Å². The molecule has 1 atom stereocenters. The topological polar surface area (TPSA) is 83.4 Å². The van der Waals surface area contributed by atoms with E-state index in [1.807, 2.05) is 18.2 Å². The maximum Gasteiger partial charge on any atom is 0.416 e. The number of nitrogens with one attached hydrogen (secondary N) is 1. The first-order chi connectivity index (χ1) is 16.3. The molecule has 2 N–H and O–H groups in total. The van der Waals surface area contributed by atoms with Gasteiger partial charge in [0.05, 0.1) is 37.0 Å². The van der Waals surface area contributed by atoms with Crippen LogP contribution < -0.4 is 20.0 Å². The number of ether oxygens (including phenoxy) is 2. The van der Waals surface area contributed by atoms with Crippen molar-refractivity contribution in [3.8, 4) is 11.5 Å². The predicted octanol–water partition coefficient (Wildman–Crippen LogP) is 4.36. The van der Waals surface area contributed by atoms with Crippen molar-refractivity contribution in [2.45, 2.75) is 25.1 Å². The van der Waals surface area contributed by atoms with E-state index in [-0.39, 0.29) is 30.5 Å². The molecule has 1 heterocycles. The van der Waals surface area contributed by atoms with Gasteiger partial charge in [0, 0.05) is 6.42 Å². The van der Waals surface area contributed by atoms with Gasteiger partial charge in [0.15, 0.2) is 0 Å². The highest BCUT2D eigenvalue weighted by molar-refractivity contribution is 6.03. The number of carbonyl (C=O) groups is 1. The Bertz CT molecular complexity index is 1130. The summed E-state index contributed by atoms with van der Waals surface area (Å²) in [6.45, 7) is 0.527. The van der Waals surface area contributed by atoms with Gasteiger partial charge in [-0.2, -0.15) is 28.8 Å². The Balaban J connectivity index is 1.37. The van der Waals surface area contributed by atoms with Crippen LogP contribution in [0.3, 0.4) is 0 Å². The Labute approximate surface area is 193 Å². The molecule has 0 saturated heterocycles. The number of hydrazine groups is 1. The normalized spacial score (nSPS) is 16.9. The van der Waals surface area contributed by atoms with Crippen LogP contribution in [0, 0.1) is 0 Å². The Hall–Kier alpha value is -3.79. The molecule has 2 aromatic carbocycles. The van der Waals surface area contributed by atoms with E-state index in [9.17, 15) is 18.0 Å². The zero-order valence-electron chi connectivity index (χ0n) is 18.0. The van der Waals surface area contributed by atoms with Gasteiger partial charge in [0.2, 0.25) is 0 Å². The molecule has 178 valence electrons. The number of benzene rings is 2. The van der Waals surface area contributed by atoms with Crippen molar-refractivity contribution in [2.24, 2.45) is 5.10 Å². The zero-order valence-corrected chi connectivity index (χ0v) is 18.0. The minimum absolute atomic E-state index is 0.0612. The molecule has 1 unspecified atom stereocenters. The molecular formula is C24H22F3N3O4. The molecule has 2 aliphatic rings. The highest BCUT2D eigenvalue weighted by Crippen LogP contribution is 2.37. The molecule has 2 aromatic rings. The number of fused-ring (bicyclic) bond motifs is 1. The second-order valence-electron chi connectivity index (χ2n) is 7.63. The lowest BCUT2D eigenvalue weighted by Crippen LogP contribution is -2.37. The maximum absolute atomic E-state index is 13.3. The Kier molecular flexibility index (Phi) is 6.87. The monoisotopic (exact) mass is 473 g/mol. The quantitative estimate of drug-likeness (QED) is 0.527. The molecule has 10 heteroatoms. The summed E-state index contributed by atoms with van der Waals surface area (Å²) in [5.74, 6) is -0.0599. The van der Waals surface area contributed by atoms with Crippen molar-refractivity contribution in [2.75, 3.05) is 18.3 Å². The molecule has 0 bridgehead atoms. The van der Waals surface area contributed by atoms with Crippen molar-refractivity contribution in [1.82, 2.24) is 5.43 Å². The Morgan fingerprint density at radius 1 is 1.09 bits per heavy atom. The number of aliphatic carboxylic acids is 1. The number of rotatable bonds is 9. The van der Waals surface area contributed by atoms with Gasteiger partial charge in [-0.1, -0.05) is 30.4 Å². The average molecular weight is 473 g/mol. The van der Waals surface area contributed by atoms with Gasteiger partial charge in [0.25, 0.3) is 0 Å². The van der Waals surface area contributed by atoms with E-state index in [4.69, 9.17) is 14.6 Å². The molecule has 1 aliphatic heterocycles. The van der Waals surface area contributed by atoms with Crippen LogP contribution in [0.1, 0.15) is 17.5 Å². The van der Waals surface area contributed by atoms with Crippen molar-refractivity contribution in [3.05, 3.63) is 77.9 Å². The molecule has 0 aromatic heterocycles. The van der Waals surface area contributed by atoms with Crippen molar-refractivity contribution >= 4 is 17.4 Å². The lowest BCUT2D eigenvalue weighted by atomic mass is 10.1. The largest absolute Gasteiger partial charge is 0.493 e. The van der Waals surface area contributed by atoms with Crippen LogP contribution in [0.15, 0.2) is 71.9 Å². The molecule has 0 fully saturated rings. The standard InChI is InChI=1S/C24H22F3N3O4/c25-24(26,27)17-8-11-22(21(15-17)30-28-19-4-1-2-5-20(19)29-30)34-13-3-12-33-18-9-6-16(7-10-18)14-23(31)32/h1-2,4-11,15,19,28H,3,12-14H2,(H,31,32). The maximum atomic E-state index is 13.3. The number of halogens is 3. The van der Waals surface area contributed by atoms with Crippen LogP contribution in [-0.2, 0) is 17.4 Å². The van der Waals surface area contributed by atoms with Crippen LogP contribution in [-0.4, -0.2) is 36.0 Å². The minimum Gasteiger partial charge on any atom is -0.493 e. The molecule has 0 spiro atoms. The molecule has 0 radical (unpaired) electrons. The summed E-state index contributed by atoms with van der Waals surface area (Å²) in [5.41, 5.74) is 3.77. The second kappa shape index (κ2) is 10.0. The molecule has 7 nitrogen and oxygen atoms in total. The van der Waals surface area contributed by atoms with Crippen LogP contribution >= 0.6 is 0 Å². The van der Waals surface area contributed by atoms with Gasteiger partial charge < -0.3 is 14.6 Å². The number of hydrogen-bond acceptors (Lipinski definition) is 6. The third kappa shape index (κ3) is 5.76. The lowest BCUT2D eigenvalue weighted by molar-refractivity contribution is -0.138. The van der Waals surface area contributed by atoms with Crippen LogP contribution in [0.5, 0.6) is 11.5 Å². The SMILES string of the molecule is O=C(O)Cc1ccc(OCCCOc2ccc(C(F)(F)F)cc2N2N=C3C=CC=CC3N2)cc1. The van der Waals surface area contributed by atoms with E-state index in [2.05, 4.69) is 10.5 Å². The summed E-state index contributed by atoms with van der Waals surface area (Å²) >= 11 is 0. The summed E-state index contributed by atoms with van der Waals surface area (Å²) in [6, 6.07) is 9.79. The number of hydrogen-bond donors (Lipinski definition) is 2. The van der Waals surface area contributed by atoms with E-state index in [0.29, 0.717) is 30.1 Å². The first-order valence-corrected chi connectivity index (χ1v) is 10.6. The number of alkyl halides is 3. The van der Waals surface area contributed by atoms with Gasteiger partial charge in [-0.25, -0.2) is 0 Å². The highest BCUT2D eigenvalue weighted by Gasteiger charge is 2.33. The summed E-state index contributed by atoms with van der Waals surface area (Å²) in [7, 11) is 0. The first-order valence-electron chi connectivity index (χ1n) is 10.6. The van der Waals surface area contributed by atoms with E-state index < -0.39 is 17.7 Å². The number of carboxylic acids is 1. The zero-order chi connectivity index (χ0) is 24.1. The highest BCUT2D eigenvalue weighted by atomic mass is 19.4. The second-order valence-corrected chi connectivity index (χ2v) is 7.63. The summed E-state index contributed by atoms with van der Waals surface area (Å²) in [5, 5.41) is 14.5. The summed E-state index contributed by atoms with van der Waals surface area (Å²) in [4.78, 5) is 10.7. The molecule has 0 saturated carbocycles. The number of allylic oxidation sites excluding steroid dienone is 2. The number of nitrogens with zero attached hydrogens (tertiary/aromatic N) is 2. The number of carboxylic acid groups (broad SMARTS) is 1. The lowest BCUT2D eigenvalue weighted by Gasteiger charge is -2.21. The van der Waals surface area contributed by atoms with E-state index in [0.717, 1.165) is 12.1 Å². The Morgan fingerprint density at radius 3 is 2.56 bits per heavy atom. The number of hydrazone groups is 1. The third-order valence-electron chi connectivity index (χ3n) is 5.09. The fraction of sp³-hybridized carbons (Fsp3) is 0.250. The molecule has 1 aliphatic carbocycles. The fourth-order valence-corrected chi connectivity index (χ4v) is 3.43. The smallest absolute Gasteiger partial charge is 0.416 e. The van der Waals surface area contributed by atoms with Gasteiger partial charge in [-0.15, -0.1) is 0 Å². The van der Waals surface area contributed by atoms with Crippen molar-refractivity contribution in [3.63, 3.8) is 0 Å². The molecule has 34 heavy (non-hydrogen) atoms. The van der Waals surface area contributed by atoms with Crippen LogP contribution in [0.25, 0.3) is 0 Å². The molecule has 0 amide bonds. The van der Waals surface area contributed by atoms with Gasteiger partial charge in [-0.3, -0.25) is 4.79 Å². The molecule has 4 rings (SSSR count). The number of anilines is 1. The van der Waals surface area contributed by atoms with Gasteiger partial charge >= 0.3 is 12.1 Å². The fourth-order valence-electron chi connectivity index (χ4n) is 3.43. The van der Waals surface area contributed by atoms with Crippen molar-refractivity contribution in [1.29, 1.82) is 0 Å². The average Bonchev–Trinajstić information content (AvgIpc) is 3.23.